The molecular weight excluding hydrogens is 322 g/mol. The first-order valence-electron chi connectivity index (χ1n) is 7.06. The van der Waals surface area contributed by atoms with Gasteiger partial charge in [0.15, 0.2) is 0 Å². The quantitative estimate of drug-likeness (QED) is 0.857. The molecule has 0 bridgehead atoms. The molecule has 1 heterocycles. The molecule has 0 amide bonds. The van der Waals surface area contributed by atoms with E-state index in [-0.39, 0.29) is 11.0 Å². The Bertz CT molecular complexity index is 791. The highest BCUT2D eigenvalue weighted by atomic mass is 35.5. The van der Waals surface area contributed by atoms with Crippen molar-refractivity contribution in [2.45, 2.75) is 24.3 Å². The number of benzene rings is 2. The van der Waals surface area contributed by atoms with Crippen LogP contribution in [0.25, 0.3) is 0 Å². The van der Waals surface area contributed by atoms with Crippen molar-refractivity contribution in [1.82, 2.24) is 0 Å². The van der Waals surface area contributed by atoms with Crippen LogP contribution in [0.3, 0.4) is 0 Å². The molecule has 0 saturated carbocycles. The number of anilines is 1. The first kappa shape index (κ1) is 15.2. The maximum Gasteiger partial charge on any atom is 0.264 e. The Balaban J connectivity index is 2.10. The highest BCUT2D eigenvalue weighted by Crippen LogP contribution is 2.37. The van der Waals surface area contributed by atoms with Gasteiger partial charge in [0.1, 0.15) is 11.9 Å². The van der Waals surface area contributed by atoms with E-state index in [4.69, 9.17) is 16.3 Å². The molecule has 6 heteroatoms. The molecule has 0 fully saturated rings. The Hall–Kier alpha value is -1.72. The minimum absolute atomic E-state index is 0.163. The van der Waals surface area contributed by atoms with Crippen molar-refractivity contribution in [3.63, 3.8) is 0 Å². The number of hydrogen-bond acceptors (Lipinski definition) is 3. The highest BCUT2D eigenvalue weighted by molar-refractivity contribution is 7.92. The van der Waals surface area contributed by atoms with E-state index in [2.05, 4.69) is 0 Å². The third kappa shape index (κ3) is 2.66. The number of para-hydroxylation sites is 2. The van der Waals surface area contributed by atoms with Gasteiger partial charge in [-0.15, -0.1) is 0 Å². The minimum atomic E-state index is -3.67. The monoisotopic (exact) mass is 337 g/mol. The van der Waals surface area contributed by atoms with Gasteiger partial charge in [0, 0.05) is 5.02 Å². The van der Waals surface area contributed by atoms with Crippen molar-refractivity contribution in [2.24, 2.45) is 0 Å². The molecule has 2 aromatic rings. The lowest BCUT2D eigenvalue weighted by Gasteiger charge is -2.35. The number of hydrogen-bond donors (Lipinski definition) is 0. The maximum absolute atomic E-state index is 13.0. The normalized spacial score (nSPS) is 17.7. The van der Waals surface area contributed by atoms with Crippen LogP contribution >= 0.6 is 11.6 Å². The Kier molecular flexibility index (Phi) is 4.02. The molecule has 22 heavy (non-hydrogen) atoms. The number of nitrogens with zero attached hydrogens (tertiary/aromatic N) is 1. The van der Waals surface area contributed by atoms with Crippen molar-refractivity contribution >= 4 is 27.3 Å². The third-order valence-electron chi connectivity index (χ3n) is 3.64. The molecule has 2 aromatic carbocycles. The van der Waals surface area contributed by atoms with Gasteiger partial charge in [-0.3, -0.25) is 4.31 Å². The second-order valence-corrected chi connectivity index (χ2v) is 7.41. The summed E-state index contributed by atoms with van der Waals surface area (Å²) in [4.78, 5) is 0.187. The van der Waals surface area contributed by atoms with Crippen LogP contribution < -0.4 is 9.04 Å². The number of sulfonamides is 1. The molecule has 0 saturated heterocycles. The molecule has 0 spiro atoms. The largest absolute Gasteiger partial charge is 0.486 e. The number of ether oxygens (including phenoxy) is 1. The summed E-state index contributed by atoms with van der Waals surface area (Å²) in [6, 6.07) is 13.5. The van der Waals surface area contributed by atoms with E-state index in [0.29, 0.717) is 23.0 Å². The van der Waals surface area contributed by atoms with E-state index in [0.717, 1.165) is 6.42 Å². The fraction of sp³-hybridized carbons (Fsp3) is 0.250. The predicted molar refractivity (Wildman–Crippen MR) is 87.1 cm³/mol. The Morgan fingerprint density at radius 3 is 2.73 bits per heavy atom. The molecular formula is C16H16ClNO3S. The van der Waals surface area contributed by atoms with Gasteiger partial charge in [-0.2, -0.15) is 0 Å². The van der Waals surface area contributed by atoms with E-state index in [1.54, 1.807) is 36.4 Å². The number of rotatable bonds is 3. The summed E-state index contributed by atoms with van der Waals surface area (Å²) in [6.07, 6.45) is 0.569. The van der Waals surface area contributed by atoms with Crippen LogP contribution in [0.4, 0.5) is 5.69 Å². The van der Waals surface area contributed by atoms with Gasteiger partial charge in [-0.25, -0.2) is 8.42 Å². The van der Waals surface area contributed by atoms with Crippen molar-refractivity contribution in [2.75, 3.05) is 10.8 Å². The zero-order chi connectivity index (χ0) is 15.7. The second kappa shape index (κ2) is 5.82. The third-order valence-corrected chi connectivity index (χ3v) is 5.65. The van der Waals surface area contributed by atoms with Gasteiger partial charge in [0.2, 0.25) is 0 Å². The van der Waals surface area contributed by atoms with E-state index in [1.165, 1.54) is 10.4 Å². The van der Waals surface area contributed by atoms with Crippen LogP contribution in [0.1, 0.15) is 13.3 Å². The summed E-state index contributed by atoms with van der Waals surface area (Å²) < 4.78 is 33.2. The van der Waals surface area contributed by atoms with Crippen molar-refractivity contribution < 1.29 is 13.2 Å². The van der Waals surface area contributed by atoms with E-state index >= 15 is 0 Å². The number of fused-ring (bicyclic) bond motifs is 1. The smallest absolute Gasteiger partial charge is 0.264 e. The van der Waals surface area contributed by atoms with Gasteiger partial charge in [0.25, 0.3) is 10.0 Å². The molecule has 1 atom stereocenters. The molecule has 116 valence electrons. The van der Waals surface area contributed by atoms with Gasteiger partial charge < -0.3 is 4.74 Å². The summed E-state index contributed by atoms with van der Waals surface area (Å²) >= 11 is 5.94. The van der Waals surface area contributed by atoms with E-state index < -0.39 is 10.0 Å². The van der Waals surface area contributed by atoms with Gasteiger partial charge in [0.05, 0.1) is 17.1 Å². The van der Waals surface area contributed by atoms with E-state index in [1.807, 2.05) is 13.0 Å². The average Bonchev–Trinajstić information content (AvgIpc) is 2.53. The lowest BCUT2D eigenvalue weighted by atomic mass is 10.2. The molecule has 1 aliphatic heterocycles. The molecule has 0 aliphatic carbocycles. The predicted octanol–water partition coefficient (Wildman–Crippen LogP) is 3.71. The summed E-state index contributed by atoms with van der Waals surface area (Å²) in [7, 11) is -3.67. The fourth-order valence-electron chi connectivity index (χ4n) is 2.46. The van der Waals surface area contributed by atoms with Crippen LogP contribution in [-0.2, 0) is 10.0 Å². The topological polar surface area (TPSA) is 46.6 Å². The first-order valence-corrected chi connectivity index (χ1v) is 8.88. The van der Waals surface area contributed by atoms with Gasteiger partial charge in [-0.1, -0.05) is 36.7 Å². The minimum Gasteiger partial charge on any atom is -0.486 e. The van der Waals surface area contributed by atoms with Gasteiger partial charge in [-0.05, 0) is 36.8 Å². The van der Waals surface area contributed by atoms with Crippen LogP contribution in [0, 0.1) is 0 Å². The Morgan fingerprint density at radius 1 is 1.23 bits per heavy atom. The van der Waals surface area contributed by atoms with Crippen LogP contribution in [0.15, 0.2) is 53.4 Å². The van der Waals surface area contributed by atoms with Crippen LogP contribution in [0.5, 0.6) is 5.75 Å². The second-order valence-electron chi connectivity index (χ2n) is 5.11. The highest BCUT2D eigenvalue weighted by Gasteiger charge is 2.33. The molecule has 3 rings (SSSR count). The zero-order valence-corrected chi connectivity index (χ0v) is 13.6. The van der Waals surface area contributed by atoms with Crippen molar-refractivity contribution in [3.05, 3.63) is 53.6 Å². The van der Waals surface area contributed by atoms with Gasteiger partial charge >= 0.3 is 0 Å². The Labute approximate surface area is 135 Å². The molecule has 1 unspecified atom stereocenters. The molecule has 4 nitrogen and oxygen atoms in total. The summed E-state index contributed by atoms with van der Waals surface area (Å²) in [5, 5.41) is 0.398. The molecule has 0 radical (unpaired) electrons. The fourth-order valence-corrected chi connectivity index (χ4v) is 4.27. The lowest BCUT2D eigenvalue weighted by molar-refractivity contribution is 0.196. The van der Waals surface area contributed by atoms with Crippen LogP contribution in [-0.4, -0.2) is 21.1 Å². The van der Waals surface area contributed by atoms with Crippen LogP contribution in [0.2, 0.25) is 5.02 Å². The summed E-state index contributed by atoms with van der Waals surface area (Å²) in [6.45, 7) is 2.27. The van der Waals surface area contributed by atoms with E-state index in [9.17, 15) is 8.42 Å². The molecule has 0 N–H and O–H groups in total. The van der Waals surface area contributed by atoms with Crippen molar-refractivity contribution in [3.8, 4) is 5.75 Å². The Morgan fingerprint density at radius 2 is 2.00 bits per heavy atom. The number of halogens is 1. The van der Waals surface area contributed by atoms with Crippen molar-refractivity contribution in [1.29, 1.82) is 0 Å². The SMILES string of the molecule is CCC1CN(S(=O)(=O)c2cccc(Cl)c2)c2ccccc2O1. The summed E-state index contributed by atoms with van der Waals surface area (Å²) in [5.41, 5.74) is 0.562. The molecule has 1 aliphatic rings. The lowest BCUT2D eigenvalue weighted by Crippen LogP contribution is -2.43. The zero-order valence-electron chi connectivity index (χ0n) is 12.1. The standard InChI is InChI=1S/C16H16ClNO3S/c1-2-13-11-18(15-8-3-4-9-16(15)21-13)22(19,20)14-7-5-6-12(17)10-14/h3-10,13H,2,11H2,1H3. The summed E-state index contributed by atoms with van der Waals surface area (Å²) in [5.74, 6) is 0.589. The average molecular weight is 338 g/mol. The first-order chi connectivity index (χ1) is 10.5. The maximum atomic E-state index is 13.0. The molecule has 0 aromatic heterocycles.